The molecule has 0 bridgehead atoms. The van der Waals surface area contributed by atoms with Crippen LogP contribution >= 0.6 is 0 Å². The molecule has 0 radical (unpaired) electrons. The normalized spacial score (nSPS) is 11.0. The number of hydrazone groups is 1. The van der Waals surface area contributed by atoms with E-state index in [4.69, 9.17) is 4.74 Å². The van der Waals surface area contributed by atoms with E-state index in [1.54, 1.807) is 13.1 Å². The van der Waals surface area contributed by atoms with Crippen molar-refractivity contribution in [1.29, 1.82) is 0 Å². The zero-order valence-electron chi connectivity index (χ0n) is 17.7. The minimum absolute atomic E-state index is 0.240. The summed E-state index contributed by atoms with van der Waals surface area (Å²) in [6, 6.07) is 14.9. The number of nitrogens with one attached hydrogen (secondary N) is 1. The van der Waals surface area contributed by atoms with Gasteiger partial charge in [0.1, 0.15) is 5.82 Å². The number of rotatable bonds is 7. The molecule has 6 nitrogen and oxygen atoms in total. The van der Waals surface area contributed by atoms with Crippen LogP contribution in [0.4, 0.5) is 4.39 Å². The minimum Gasteiger partial charge on any atom is -0.466 e. The lowest BCUT2D eigenvalue weighted by atomic mass is 10.1. The molecule has 0 atom stereocenters. The molecular formula is C24H24FN3O3. The maximum absolute atomic E-state index is 13.0. The first-order valence-electron chi connectivity index (χ1n) is 9.92. The Labute approximate surface area is 180 Å². The second-order valence-corrected chi connectivity index (χ2v) is 7.02. The molecule has 1 amide bonds. The number of nitrogens with zero attached hydrogens (tertiary/aromatic N) is 2. The lowest BCUT2D eigenvalue weighted by Crippen LogP contribution is -2.17. The fourth-order valence-electron chi connectivity index (χ4n) is 3.28. The Bertz CT molecular complexity index is 1100. The second-order valence-electron chi connectivity index (χ2n) is 7.02. The number of hydrogen-bond donors (Lipinski definition) is 1. The van der Waals surface area contributed by atoms with Crippen LogP contribution in [0.3, 0.4) is 0 Å². The van der Waals surface area contributed by atoms with Crippen molar-refractivity contribution in [1.82, 2.24) is 9.99 Å². The van der Waals surface area contributed by atoms with Crippen LogP contribution in [0.15, 0.2) is 59.7 Å². The van der Waals surface area contributed by atoms with E-state index in [1.807, 2.05) is 44.2 Å². The van der Waals surface area contributed by atoms with E-state index in [0.29, 0.717) is 12.2 Å². The molecule has 1 heterocycles. The van der Waals surface area contributed by atoms with Crippen LogP contribution in [0.1, 0.15) is 39.8 Å². The highest BCUT2D eigenvalue weighted by Crippen LogP contribution is 2.20. The van der Waals surface area contributed by atoms with E-state index < -0.39 is 11.7 Å². The quantitative estimate of drug-likeness (QED) is 0.355. The predicted octanol–water partition coefficient (Wildman–Crippen LogP) is 4.10. The molecule has 7 heteroatoms. The maximum atomic E-state index is 13.0. The van der Waals surface area contributed by atoms with Crippen molar-refractivity contribution >= 4 is 18.1 Å². The molecule has 1 aromatic heterocycles. The van der Waals surface area contributed by atoms with Gasteiger partial charge >= 0.3 is 5.97 Å². The van der Waals surface area contributed by atoms with E-state index in [2.05, 4.69) is 15.1 Å². The summed E-state index contributed by atoms with van der Waals surface area (Å²) in [4.78, 5) is 23.7. The molecule has 0 aliphatic carbocycles. The van der Waals surface area contributed by atoms with Gasteiger partial charge in [-0.3, -0.25) is 9.59 Å². The zero-order chi connectivity index (χ0) is 22.4. The molecule has 3 aromatic rings. The Balaban J connectivity index is 1.71. The van der Waals surface area contributed by atoms with Gasteiger partial charge in [0, 0.05) is 28.2 Å². The highest BCUT2D eigenvalue weighted by molar-refractivity contribution is 5.95. The Morgan fingerprint density at radius 1 is 1.10 bits per heavy atom. The molecule has 31 heavy (non-hydrogen) atoms. The first-order valence-corrected chi connectivity index (χ1v) is 9.92. The summed E-state index contributed by atoms with van der Waals surface area (Å²) in [5, 5.41) is 4.03. The molecule has 0 aliphatic rings. The van der Waals surface area contributed by atoms with Crippen molar-refractivity contribution in [3.63, 3.8) is 0 Å². The van der Waals surface area contributed by atoms with Crippen LogP contribution < -0.4 is 5.43 Å². The first-order chi connectivity index (χ1) is 14.9. The van der Waals surface area contributed by atoms with Gasteiger partial charge in [0.2, 0.25) is 0 Å². The van der Waals surface area contributed by atoms with Gasteiger partial charge in [0.05, 0.1) is 19.2 Å². The number of halogens is 1. The largest absolute Gasteiger partial charge is 0.466 e. The van der Waals surface area contributed by atoms with Gasteiger partial charge in [-0.05, 0) is 68.8 Å². The smallest absolute Gasteiger partial charge is 0.310 e. The van der Waals surface area contributed by atoms with Crippen molar-refractivity contribution in [3.8, 4) is 5.69 Å². The van der Waals surface area contributed by atoms with Crippen LogP contribution in [-0.2, 0) is 16.0 Å². The summed E-state index contributed by atoms with van der Waals surface area (Å²) < 4.78 is 20.0. The standard InChI is InChI=1S/C24H24FN3O3/c1-4-31-23(29)14-18-5-11-22(12-6-18)28-16(2)13-20(17(28)3)15-26-27-24(30)19-7-9-21(25)10-8-19/h5-13,15H,4,14H2,1-3H3,(H,27,30)/b26-15-. The summed E-state index contributed by atoms with van der Waals surface area (Å²) in [6.07, 6.45) is 1.82. The molecule has 0 aliphatic heterocycles. The van der Waals surface area contributed by atoms with Crippen LogP contribution in [0.2, 0.25) is 0 Å². The fraction of sp³-hybridized carbons (Fsp3) is 0.208. The summed E-state index contributed by atoms with van der Waals surface area (Å²) in [6.45, 7) is 6.09. The minimum atomic E-state index is -0.415. The average Bonchev–Trinajstić information content (AvgIpc) is 3.02. The van der Waals surface area contributed by atoms with Crippen LogP contribution in [0, 0.1) is 19.7 Å². The number of carbonyl (C=O) groups is 2. The average molecular weight is 421 g/mol. The van der Waals surface area contributed by atoms with Gasteiger partial charge in [0.15, 0.2) is 0 Å². The number of aryl methyl sites for hydroxylation is 1. The number of ether oxygens (including phenoxy) is 1. The lowest BCUT2D eigenvalue weighted by Gasteiger charge is -2.10. The van der Waals surface area contributed by atoms with Crippen LogP contribution in [0.25, 0.3) is 5.69 Å². The van der Waals surface area contributed by atoms with Crippen LogP contribution in [-0.4, -0.2) is 29.3 Å². The lowest BCUT2D eigenvalue weighted by molar-refractivity contribution is -0.142. The Kier molecular flexibility index (Phi) is 6.97. The van der Waals surface area contributed by atoms with Crippen LogP contribution in [0.5, 0.6) is 0 Å². The van der Waals surface area contributed by atoms with Crippen molar-refractivity contribution in [3.05, 3.63) is 88.5 Å². The van der Waals surface area contributed by atoms with Crippen molar-refractivity contribution in [2.24, 2.45) is 5.10 Å². The van der Waals surface area contributed by atoms with Gasteiger partial charge < -0.3 is 9.30 Å². The summed E-state index contributed by atoms with van der Waals surface area (Å²) >= 11 is 0. The Morgan fingerprint density at radius 2 is 1.77 bits per heavy atom. The molecule has 0 saturated carbocycles. The number of amides is 1. The number of aromatic nitrogens is 1. The third-order valence-corrected chi connectivity index (χ3v) is 4.79. The van der Waals surface area contributed by atoms with Gasteiger partial charge in [-0.25, -0.2) is 9.82 Å². The van der Waals surface area contributed by atoms with Crippen molar-refractivity contribution in [2.45, 2.75) is 27.2 Å². The van der Waals surface area contributed by atoms with E-state index >= 15 is 0 Å². The number of carbonyl (C=O) groups excluding carboxylic acids is 2. The molecule has 0 spiro atoms. The summed E-state index contributed by atoms with van der Waals surface area (Å²) in [5.41, 5.74) is 7.43. The molecule has 2 aromatic carbocycles. The molecule has 3 rings (SSSR count). The highest BCUT2D eigenvalue weighted by Gasteiger charge is 2.11. The highest BCUT2D eigenvalue weighted by atomic mass is 19.1. The van der Waals surface area contributed by atoms with Crippen molar-refractivity contribution in [2.75, 3.05) is 6.61 Å². The monoisotopic (exact) mass is 421 g/mol. The van der Waals surface area contributed by atoms with Crippen molar-refractivity contribution < 1.29 is 18.7 Å². The van der Waals surface area contributed by atoms with E-state index in [9.17, 15) is 14.0 Å². The molecular weight excluding hydrogens is 397 g/mol. The molecule has 1 N–H and O–H groups in total. The topological polar surface area (TPSA) is 72.7 Å². The molecule has 0 saturated heterocycles. The fourth-order valence-corrected chi connectivity index (χ4v) is 3.28. The Morgan fingerprint density at radius 3 is 2.42 bits per heavy atom. The number of esters is 1. The van der Waals surface area contributed by atoms with Gasteiger partial charge in [-0.1, -0.05) is 12.1 Å². The summed E-state index contributed by atoms with van der Waals surface area (Å²) in [5.74, 6) is -1.06. The third-order valence-electron chi connectivity index (χ3n) is 4.79. The summed E-state index contributed by atoms with van der Waals surface area (Å²) in [7, 11) is 0. The van der Waals surface area contributed by atoms with E-state index in [0.717, 1.165) is 28.2 Å². The zero-order valence-corrected chi connectivity index (χ0v) is 17.7. The van der Waals surface area contributed by atoms with E-state index in [-0.39, 0.29) is 12.4 Å². The van der Waals surface area contributed by atoms with Gasteiger partial charge in [-0.2, -0.15) is 5.10 Å². The molecule has 0 fully saturated rings. The SMILES string of the molecule is CCOC(=O)Cc1ccc(-n2c(C)cc(/C=N\NC(=O)c3ccc(F)cc3)c2C)cc1. The second kappa shape index (κ2) is 9.84. The maximum Gasteiger partial charge on any atom is 0.310 e. The number of benzene rings is 2. The van der Waals surface area contributed by atoms with Gasteiger partial charge in [-0.15, -0.1) is 0 Å². The Hall–Kier alpha value is -3.74. The van der Waals surface area contributed by atoms with E-state index in [1.165, 1.54) is 24.3 Å². The predicted molar refractivity (Wildman–Crippen MR) is 117 cm³/mol. The number of hydrogen-bond acceptors (Lipinski definition) is 4. The van der Waals surface area contributed by atoms with Gasteiger partial charge in [0.25, 0.3) is 5.91 Å². The first kappa shape index (κ1) is 22.0. The third kappa shape index (κ3) is 5.45. The molecule has 0 unspecified atom stereocenters. The molecule has 160 valence electrons.